The highest BCUT2D eigenvalue weighted by molar-refractivity contribution is 8.00. The zero-order valence-corrected chi connectivity index (χ0v) is 19.4. The van der Waals surface area contributed by atoms with Gasteiger partial charge in [0.25, 0.3) is 0 Å². The van der Waals surface area contributed by atoms with E-state index in [4.69, 9.17) is 0 Å². The summed E-state index contributed by atoms with van der Waals surface area (Å²) in [6, 6.07) is 21.8. The summed E-state index contributed by atoms with van der Waals surface area (Å²) in [5.74, 6) is -0.120. The minimum absolute atomic E-state index is 0.120. The fraction of sp³-hybridized carbons (Fsp3) is 0.200. The minimum Gasteiger partial charge on any atom is -0.325 e. The van der Waals surface area contributed by atoms with Crippen molar-refractivity contribution in [3.05, 3.63) is 94.5 Å². The van der Waals surface area contributed by atoms with E-state index in [1.165, 1.54) is 17.3 Å². The second kappa shape index (κ2) is 9.36. The molecule has 1 heterocycles. The Balaban J connectivity index is 1.68. The van der Waals surface area contributed by atoms with Crippen molar-refractivity contribution in [1.29, 1.82) is 0 Å². The molecule has 0 radical (unpaired) electrons. The van der Waals surface area contributed by atoms with Gasteiger partial charge in [-0.15, -0.1) is 5.10 Å². The van der Waals surface area contributed by atoms with Crippen molar-refractivity contribution in [2.45, 2.75) is 38.1 Å². The van der Waals surface area contributed by atoms with Gasteiger partial charge >= 0.3 is 0 Å². The molecule has 0 spiro atoms. The lowest BCUT2D eigenvalue weighted by Crippen LogP contribution is -2.20. The third-order valence-corrected chi connectivity index (χ3v) is 6.42. The van der Waals surface area contributed by atoms with Crippen molar-refractivity contribution in [3.8, 4) is 5.69 Å². The third-order valence-electron chi connectivity index (χ3n) is 5.24. The number of benzene rings is 3. The Bertz CT molecular complexity index is 1250. The monoisotopic (exact) mass is 443 g/mol. The molecule has 1 atom stereocenters. The largest absolute Gasteiger partial charge is 0.325 e. The highest BCUT2D eigenvalue weighted by Gasteiger charge is 2.26. The van der Waals surface area contributed by atoms with Crippen LogP contribution in [0.25, 0.3) is 5.69 Å². The second-order valence-electron chi connectivity index (χ2n) is 7.88. The molecule has 0 aliphatic rings. The van der Waals surface area contributed by atoms with E-state index in [0.717, 1.165) is 33.6 Å². The molecule has 4 aromatic rings. The predicted molar refractivity (Wildman–Crippen MR) is 128 cm³/mol. The van der Waals surface area contributed by atoms with Crippen LogP contribution < -0.4 is 5.32 Å². The van der Waals surface area contributed by atoms with Crippen molar-refractivity contribution in [2.24, 2.45) is 0 Å². The molecule has 0 fully saturated rings. The molecular formula is C25H25N5OS. The summed E-state index contributed by atoms with van der Waals surface area (Å²) >= 11 is 1.34. The smallest absolute Gasteiger partial charge is 0.242 e. The van der Waals surface area contributed by atoms with Crippen molar-refractivity contribution < 1.29 is 4.79 Å². The molecule has 0 unspecified atom stereocenters. The van der Waals surface area contributed by atoms with Gasteiger partial charge in [-0.05, 0) is 72.5 Å². The maximum absolute atomic E-state index is 13.5. The van der Waals surface area contributed by atoms with E-state index in [0.29, 0.717) is 5.16 Å². The van der Waals surface area contributed by atoms with Crippen LogP contribution in [0.4, 0.5) is 5.69 Å². The number of aromatic nitrogens is 4. The van der Waals surface area contributed by atoms with E-state index in [-0.39, 0.29) is 5.91 Å². The highest BCUT2D eigenvalue weighted by atomic mass is 32.2. The van der Waals surface area contributed by atoms with Gasteiger partial charge in [-0.25, -0.2) is 0 Å². The lowest BCUT2D eigenvalue weighted by atomic mass is 10.1. The number of aryl methyl sites for hydroxylation is 4. The molecular weight excluding hydrogens is 418 g/mol. The predicted octanol–water partition coefficient (Wildman–Crippen LogP) is 5.37. The second-order valence-corrected chi connectivity index (χ2v) is 8.95. The summed E-state index contributed by atoms with van der Waals surface area (Å²) in [5.41, 5.74) is 6.93. The Kier molecular flexibility index (Phi) is 6.37. The van der Waals surface area contributed by atoms with Gasteiger partial charge in [-0.2, -0.15) is 4.68 Å². The molecule has 0 saturated carbocycles. The highest BCUT2D eigenvalue weighted by Crippen LogP contribution is 2.36. The van der Waals surface area contributed by atoms with E-state index >= 15 is 0 Å². The molecule has 3 aromatic carbocycles. The SMILES string of the molecule is Cc1ccc(-n2nnnc2S[C@@H](C(=O)Nc2cc(C)ccc2C)c2ccccc2)c(C)c1. The maximum Gasteiger partial charge on any atom is 0.242 e. The van der Waals surface area contributed by atoms with Crippen LogP contribution in [0.5, 0.6) is 0 Å². The molecule has 4 rings (SSSR count). The number of hydrogen-bond donors (Lipinski definition) is 1. The number of thioether (sulfide) groups is 1. The lowest BCUT2D eigenvalue weighted by Gasteiger charge is -2.18. The number of amides is 1. The van der Waals surface area contributed by atoms with Gasteiger partial charge in [-0.1, -0.05) is 71.9 Å². The molecule has 1 aromatic heterocycles. The summed E-state index contributed by atoms with van der Waals surface area (Å²) in [5, 5.41) is 15.4. The lowest BCUT2D eigenvalue weighted by molar-refractivity contribution is -0.115. The first-order valence-corrected chi connectivity index (χ1v) is 11.3. The standard InChI is InChI=1S/C25H25N5OS/c1-16-11-13-22(19(4)14-16)30-25(27-28-29-30)32-23(20-8-6-5-7-9-20)24(31)26-21-15-17(2)10-12-18(21)3/h5-15,23H,1-4H3,(H,26,31)/t23-/m1/s1. The molecule has 7 heteroatoms. The van der Waals surface area contributed by atoms with Gasteiger partial charge in [0.1, 0.15) is 5.25 Å². The number of tetrazole rings is 1. The summed E-state index contributed by atoms with van der Waals surface area (Å²) in [4.78, 5) is 13.5. The Labute approximate surface area is 192 Å². The van der Waals surface area contributed by atoms with Gasteiger partial charge < -0.3 is 5.32 Å². The molecule has 0 saturated heterocycles. The maximum atomic E-state index is 13.5. The molecule has 1 N–H and O–H groups in total. The fourth-order valence-electron chi connectivity index (χ4n) is 3.52. The molecule has 0 aliphatic heterocycles. The van der Waals surface area contributed by atoms with Gasteiger partial charge in [0.15, 0.2) is 0 Å². The summed E-state index contributed by atoms with van der Waals surface area (Å²) < 4.78 is 1.70. The number of anilines is 1. The third kappa shape index (κ3) is 4.73. The van der Waals surface area contributed by atoms with Crippen molar-refractivity contribution in [2.75, 3.05) is 5.32 Å². The Morgan fingerprint density at radius 3 is 2.38 bits per heavy atom. The topological polar surface area (TPSA) is 72.7 Å². The molecule has 0 bridgehead atoms. The summed E-state index contributed by atoms with van der Waals surface area (Å²) in [7, 11) is 0. The van der Waals surface area contributed by atoms with Crippen LogP contribution in [0.15, 0.2) is 71.9 Å². The number of carbonyl (C=O) groups excluding carboxylic acids is 1. The van der Waals surface area contributed by atoms with Gasteiger partial charge in [-0.3, -0.25) is 4.79 Å². The molecule has 0 aliphatic carbocycles. The Morgan fingerprint density at radius 2 is 1.62 bits per heavy atom. The number of rotatable bonds is 6. The Morgan fingerprint density at radius 1 is 0.906 bits per heavy atom. The van der Waals surface area contributed by atoms with E-state index < -0.39 is 5.25 Å². The van der Waals surface area contributed by atoms with Gasteiger partial charge in [0.05, 0.1) is 5.69 Å². The van der Waals surface area contributed by atoms with Crippen LogP contribution in [0.1, 0.15) is 33.1 Å². The van der Waals surface area contributed by atoms with Crippen LogP contribution in [-0.4, -0.2) is 26.1 Å². The molecule has 6 nitrogen and oxygen atoms in total. The van der Waals surface area contributed by atoms with Gasteiger partial charge in [0.2, 0.25) is 11.1 Å². The summed E-state index contributed by atoms with van der Waals surface area (Å²) in [6.45, 7) is 8.08. The average molecular weight is 444 g/mol. The van der Waals surface area contributed by atoms with Gasteiger partial charge in [0, 0.05) is 5.69 Å². The minimum atomic E-state index is -0.522. The summed E-state index contributed by atoms with van der Waals surface area (Å²) in [6.07, 6.45) is 0. The number of nitrogens with zero attached hydrogens (tertiary/aromatic N) is 4. The van der Waals surface area contributed by atoms with Crippen molar-refractivity contribution in [1.82, 2.24) is 20.2 Å². The van der Waals surface area contributed by atoms with E-state index in [9.17, 15) is 4.79 Å². The first kappa shape index (κ1) is 21.8. The normalized spacial score (nSPS) is 11.9. The van der Waals surface area contributed by atoms with E-state index in [1.807, 2.05) is 81.4 Å². The van der Waals surface area contributed by atoms with Crippen LogP contribution in [0.3, 0.4) is 0 Å². The quantitative estimate of drug-likeness (QED) is 0.406. The van der Waals surface area contributed by atoms with Crippen LogP contribution in [0, 0.1) is 27.7 Å². The average Bonchev–Trinajstić information content (AvgIpc) is 3.23. The van der Waals surface area contributed by atoms with Crippen LogP contribution >= 0.6 is 11.8 Å². The van der Waals surface area contributed by atoms with Crippen molar-refractivity contribution >= 4 is 23.4 Å². The Hall–Kier alpha value is -3.45. The first-order valence-electron chi connectivity index (χ1n) is 10.4. The fourth-order valence-corrected chi connectivity index (χ4v) is 4.51. The molecule has 1 amide bonds. The van der Waals surface area contributed by atoms with Crippen LogP contribution in [-0.2, 0) is 4.79 Å². The number of hydrogen-bond acceptors (Lipinski definition) is 5. The van der Waals surface area contributed by atoms with Crippen LogP contribution in [0.2, 0.25) is 0 Å². The number of nitrogens with one attached hydrogen (secondary N) is 1. The zero-order valence-electron chi connectivity index (χ0n) is 18.5. The molecule has 32 heavy (non-hydrogen) atoms. The van der Waals surface area contributed by atoms with E-state index in [2.05, 4.69) is 33.8 Å². The zero-order chi connectivity index (χ0) is 22.7. The first-order chi connectivity index (χ1) is 15.4. The van der Waals surface area contributed by atoms with E-state index in [1.54, 1.807) is 4.68 Å². The van der Waals surface area contributed by atoms with Crippen molar-refractivity contribution in [3.63, 3.8) is 0 Å². The number of carbonyl (C=O) groups is 1. The molecule has 162 valence electrons.